The molecule has 0 fully saturated rings. The summed E-state index contributed by atoms with van der Waals surface area (Å²) in [7, 11) is 3.85. The van der Waals surface area contributed by atoms with E-state index in [4.69, 9.17) is 9.72 Å². The summed E-state index contributed by atoms with van der Waals surface area (Å²) in [5.74, 6) is 0.724. The predicted molar refractivity (Wildman–Crippen MR) is 87.5 cm³/mol. The minimum atomic E-state index is 0.595. The summed E-state index contributed by atoms with van der Waals surface area (Å²) < 4.78 is 5.26. The summed E-state index contributed by atoms with van der Waals surface area (Å²) in [6.07, 6.45) is 2.35. The average Bonchev–Trinajstić information content (AvgIpc) is 2.80. The lowest BCUT2D eigenvalue weighted by Crippen LogP contribution is -2.19. The quantitative estimate of drug-likeness (QED) is 0.673. The molecule has 0 radical (unpaired) electrons. The Balaban J connectivity index is 2.68. The van der Waals surface area contributed by atoms with Crippen LogP contribution in [0.15, 0.2) is 0 Å². The van der Waals surface area contributed by atoms with Gasteiger partial charge < -0.3 is 15.0 Å². The molecule has 0 spiro atoms. The Bertz CT molecular complexity index is 379. The molecular weight excluding hydrogens is 270 g/mol. The smallest absolute Gasteiger partial charge is 0.185 e. The van der Waals surface area contributed by atoms with Crippen LogP contribution in [0.3, 0.4) is 0 Å². The van der Waals surface area contributed by atoms with Gasteiger partial charge in [-0.3, -0.25) is 0 Å². The van der Waals surface area contributed by atoms with E-state index in [1.54, 1.807) is 18.4 Å². The second-order valence-electron chi connectivity index (χ2n) is 5.58. The third kappa shape index (κ3) is 5.77. The van der Waals surface area contributed by atoms with Crippen LogP contribution >= 0.6 is 11.3 Å². The summed E-state index contributed by atoms with van der Waals surface area (Å²) in [5, 5.41) is 4.55. The molecule has 1 aromatic heterocycles. The van der Waals surface area contributed by atoms with Crippen molar-refractivity contribution in [2.24, 2.45) is 5.92 Å². The number of thiazole rings is 1. The number of anilines is 1. The monoisotopic (exact) mass is 299 g/mol. The molecule has 0 unspecified atom stereocenters. The fraction of sp³-hybridized carbons (Fsp3) is 0.800. The molecule has 1 aromatic rings. The molecule has 0 aliphatic carbocycles. The molecule has 0 saturated carbocycles. The first-order valence-corrected chi connectivity index (χ1v) is 8.29. The number of methoxy groups -OCH3 is 1. The number of ether oxygens (including phenoxy) is 1. The zero-order chi connectivity index (χ0) is 15.0. The molecule has 5 heteroatoms. The van der Waals surface area contributed by atoms with Gasteiger partial charge in [-0.15, -0.1) is 11.3 Å². The van der Waals surface area contributed by atoms with E-state index in [2.05, 4.69) is 38.0 Å². The summed E-state index contributed by atoms with van der Waals surface area (Å²) in [5.41, 5.74) is 1.08. The standard InChI is InChI=1S/C15H29N3OS/c1-6-8-16-10-14-13(11-19-5)17-15(20-14)18(4)9-7-12(2)3/h12,16H,6-11H2,1-5H3. The predicted octanol–water partition coefficient (Wildman–Crippen LogP) is 3.27. The highest BCUT2D eigenvalue weighted by Crippen LogP contribution is 2.26. The molecule has 0 aromatic carbocycles. The molecule has 0 aliphatic rings. The highest BCUT2D eigenvalue weighted by Gasteiger charge is 2.14. The van der Waals surface area contributed by atoms with Crippen LogP contribution in [0, 0.1) is 5.92 Å². The Morgan fingerprint density at radius 3 is 2.75 bits per heavy atom. The molecular formula is C15H29N3OS. The Hall–Kier alpha value is -0.650. The van der Waals surface area contributed by atoms with Crippen LogP contribution in [-0.2, 0) is 17.9 Å². The van der Waals surface area contributed by atoms with E-state index in [0.29, 0.717) is 6.61 Å². The molecule has 0 atom stereocenters. The van der Waals surface area contributed by atoms with Gasteiger partial charge in [0.1, 0.15) is 0 Å². The fourth-order valence-corrected chi connectivity index (χ4v) is 2.87. The zero-order valence-electron chi connectivity index (χ0n) is 13.5. The van der Waals surface area contributed by atoms with Gasteiger partial charge in [-0.25, -0.2) is 4.98 Å². The van der Waals surface area contributed by atoms with Crippen molar-refractivity contribution < 1.29 is 4.74 Å². The summed E-state index contributed by atoms with van der Waals surface area (Å²) >= 11 is 1.78. The van der Waals surface area contributed by atoms with Gasteiger partial charge in [0.25, 0.3) is 0 Å². The van der Waals surface area contributed by atoms with Gasteiger partial charge in [0, 0.05) is 32.1 Å². The summed E-state index contributed by atoms with van der Waals surface area (Å²) in [6.45, 7) is 10.3. The summed E-state index contributed by atoms with van der Waals surface area (Å²) in [6, 6.07) is 0. The molecule has 20 heavy (non-hydrogen) atoms. The molecule has 116 valence electrons. The van der Waals surface area contributed by atoms with Gasteiger partial charge in [-0.05, 0) is 25.3 Å². The van der Waals surface area contributed by atoms with Crippen molar-refractivity contribution in [3.63, 3.8) is 0 Å². The lowest BCUT2D eigenvalue weighted by atomic mass is 10.1. The largest absolute Gasteiger partial charge is 0.378 e. The van der Waals surface area contributed by atoms with E-state index in [0.717, 1.165) is 42.8 Å². The Labute approximate surface area is 127 Å². The number of hydrogen-bond donors (Lipinski definition) is 1. The van der Waals surface area contributed by atoms with Crippen molar-refractivity contribution in [1.82, 2.24) is 10.3 Å². The average molecular weight is 299 g/mol. The molecule has 1 N–H and O–H groups in total. The first kappa shape index (κ1) is 17.4. The van der Waals surface area contributed by atoms with Crippen molar-refractivity contribution in [2.75, 3.05) is 32.1 Å². The van der Waals surface area contributed by atoms with Crippen LogP contribution in [-0.4, -0.2) is 32.2 Å². The maximum atomic E-state index is 5.26. The molecule has 0 saturated heterocycles. The van der Waals surface area contributed by atoms with Crippen molar-refractivity contribution in [3.05, 3.63) is 10.6 Å². The van der Waals surface area contributed by atoms with Crippen LogP contribution in [0.5, 0.6) is 0 Å². The molecule has 1 rings (SSSR count). The second kappa shape index (κ2) is 9.32. The van der Waals surface area contributed by atoms with Gasteiger partial charge in [0.05, 0.1) is 12.3 Å². The first-order valence-electron chi connectivity index (χ1n) is 7.47. The highest BCUT2D eigenvalue weighted by atomic mass is 32.1. The van der Waals surface area contributed by atoms with Crippen LogP contribution in [0.4, 0.5) is 5.13 Å². The Kier molecular flexibility index (Phi) is 8.11. The topological polar surface area (TPSA) is 37.4 Å². The lowest BCUT2D eigenvalue weighted by molar-refractivity contribution is 0.181. The van der Waals surface area contributed by atoms with E-state index < -0.39 is 0 Å². The maximum absolute atomic E-state index is 5.26. The van der Waals surface area contributed by atoms with Crippen molar-refractivity contribution in [3.8, 4) is 0 Å². The number of nitrogens with zero attached hydrogens (tertiary/aromatic N) is 2. The van der Waals surface area contributed by atoms with Crippen LogP contribution in [0.2, 0.25) is 0 Å². The van der Waals surface area contributed by atoms with Gasteiger partial charge in [0.15, 0.2) is 5.13 Å². The van der Waals surface area contributed by atoms with E-state index in [-0.39, 0.29) is 0 Å². The maximum Gasteiger partial charge on any atom is 0.185 e. The Morgan fingerprint density at radius 1 is 1.40 bits per heavy atom. The molecule has 0 aliphatic heterocycles. The second-order valence-corrected chi connectivity index (χ2v) is 6.64. The molecule has 1 heterocycles. The summed E-state index contributed by atoms with van der Waals surface area (Å²) in [4.78, 5) is 8.29. The van der Waals surface area contributed by atoms with Gasteiger partial charge in [-0.2, -0.15) is 0 Å². The zero-order valence-corrected chi connectivity index (χ0v) is 14.3. The van der Waals surface area contributed by atoms with E-state index in [1.807, 2.05) is 0 Å². The molecule has 0 bridgehead atoms. The van der Waals surface area contributed by atoms with Gasteiger partial charge >= 0.3 is 0 Å². The fourth-order valence-electron chi connectivity index (χ4n) is 1.85. The van der Waals surface area contributed by atoms with Crippen LogP contribution in [0.25, 0.3) is 0 Å². The van der Waals surface area contributed by atoms with Crippen molar-refractivity contribution in [2.45, 2.75) is 46.8 Å². The van der Waals surface area contributed by atoms with Gasteiger partial charge in [-0.1, -0.05) is 20.8 Å². The number of aromatic nitrogens is 1. The van der Waals surface area contributed by atoms with E-state index >= 15 is 0 Å². The number of hydrogen-bond acceptors (Lipinski definition) is 5. The highest BCUT2D eigenvalue weighted by molar-refractivity contribution is 7.15. The van der Waals surface area contributed by atoms with Crippen molar-refractivity contribution in [1.29, 1.82) is 0 Å². The number of nitrogens with one attached hydrogen (secondary N) is 1. The third-order valence-electron chi connectivity index (χ3n) is 3.13. The molecule has 0 amide bonds. The number of rotatable bonds is 10. The Morgan fingerprint density at radius 2 is 2.15 bits per heavy atom. The SMILES string of the molecule is CCCNCc1sc(N(C)CCC(C)C)nc1COC. The lowest BCUT2D eigenvalue weighted by Gasteiger charge is -2.16. The van der Waals surface area contributed by atoms with Gasteiger partial charge in [0.2, 0.25) is 0 Å². The third-order valence-corrected chi connectivity index (χ3v) is 4.34. The van der Waals surface area contributed by atoms with Crippen LogP contribution in [0.1, 0.15) is 44.2 Å². The van der Waals surface area contributed by atoms with E-state index in [9.17, 15) is 0 Å². The van der Waals surface area contributed by atoms with Crippen LogP contribution < -0.4 is 10.2 Å². The van der Waals surface area contributed by atoms with Crippen molar-refractivity contribution >= 4 is 16.5 Å². The minimum absolute atomic E-state index is 0.595. The molecule has 4 nitrogen and oxygen atoms in total. The first-order chi connectivity index (χ1) is 9.58. The van der Waals surface area contributed by atoms with E-state index in [1.165, 1.54) is 11.3 Å². The minimum Gasteiger partial charge on any atom is -0.378 e. The normalized spacial score (nSPS) is 11.3.